The van der Waals surface area contributed by atoms with Crippen molar-refractivity contribution in [3.8, 4) is 11.1 Å². The van der Waals surface area contributed by atoms with Gasteiger partial charge in [-0.2, -0.15) is 4.98 Å². The van der Waals surface area contributed by atoms with E-state index in [1.54, 1.807) is 12.3 Å². The second-order valence-electron chi connectivity index (χ2n) is 8.07. The van der Waals surface area contributed by atoms with E-state index in [9.17, 15) is 9.90 Å². The molecule has 0 amide bonds. The maximum Gasteiger partial charge on any atom is 0.260 e. The van der Waals surface area contributed by atoms with E-state index in [0.29, 0.717) is 22.2 Å². The fraction of sp³-hybridized carbons (Fsp3) is 0.409. The topological polar surface area (TPSA) is 80.0 Å². The van der Waals surface area contributed by atoms with Gasteiger partial charge in [-0.25, -0.2) is 4.98 Å². The minimum atomic E-state index is -0.200. The Morgan fingerprint density at radius 1 is 1.07 bits per heavy atom. The van der Waals surface area contributed by atoms with Gasteiger partial charge >= 0.3 is 0 Å². The first kappa shape index (κ1) is 18.6. The van der Waals surface area contributed by atoms with Crippen LogP contribution in [0.3, 0.4) is 0 Å². The van der Waals surface area contributed by atoms with Gasteiger partial charge in [0.05, 0.1) is 6.10 Å². The summed E-state index contributed by atoms with van der Waals surface area (Å²) in [5.74, 6) is 0.540. The van der Waals surface area contributed by atoms with Crippen LogP contribution in [0.5, 0.6) is 0 Å². The highest BCUT2D eigenvalue weighted by Gasteiger charge is 2.29. The van der Waals surface area contributed by atoms with Gasteiger partial charge in [0.1, 0.15) is 5.65 Å². The third-order valence-electron chi connectivity index (χ3n) is 5.88. The first-order chi connectivity index (χ1) is 14.1. The molecule has 0 spiro atoms. The molecule has 2 aromatic heterocycles. The van der Waals surface area contributed by atoms with Crippen LogP contribution in [0.1, 0.15) is 44.6 Å². The third-order valence-corrected chi connectivity index (χ3v) is 6.21. The molecule has 2 heterocycles. The average molecular weight is 411 g/mol. The second-order valence-corrected chi connectivity index (χ2v) is 8.47. The lowest BCUT2D eigenvalue weighted by atomic mass is 9.93. The number of benzene rings is 1. The van der Waals surface area contributed by atoms with E-state index in [4.69, 9.17) is 16.6 Å². The van der Waals surface area contributed by atoms with E-state index in [0.717, 1.165) is 49.5 Å². The Kier molecular flexibility index (Phi) is 4.76. The molecule has 2 N–H and O–H groups in total. The number of hydrogen-bond donors (Lipinski definition) is 2. The van der Waals surface area contributed by atoms with E-state index in [2.05, 4.69) is 10.3 Å². The number of anilines is 1. The predicted octanol–water partition coefficient (Wildman–Crippen LogP) is 4.16. The molecule has 1 aromatic carbocycles. The second kappa shape index (κ2) is 7.43. The first-order valence-electron chi connectivity index (χ1n) is 10.2. The van der Waals surface area contributed by atoms with Crippen molar-refractivity contribution >= 4 is 28.6 Å². The fourth-order valence-corrected chi connectivity index (χ4v) is 4.37. The zero-order valence-electron chi connectivity index (χ0n) is 16.0. The largest absolute Gasteiger partial charge is 0.393 e. The number of hydrogen-bond acceptors (Lipinski definition) is 5. The maximum absolute atomic E-state index is 13.4. The van der Waals surface area contributed by atoms with Crippen molar-refractivity contribution in [1.29, 1.82) is 0 Å². The summed E-state index contributed by atoms with van der Waals surface area (Å²) in [6.45, 7) is 0. The van der Waals surface area contributed by atoms with Crippen LogP contribution in [-0.4, -0.2) is 31.8 Å². The standard InChI is InChI=1S/C22H23ClN4O2/c23-19-4-2-1-3-17(19)18-11-13-12-24-22(25-14-5-9-16(28)10-6-14)26-20(13)27(21(18)29)15-7-8-15/h1-4,11-12,14-16,28H,5-10H2,(H,24,25,26)/t14-,16-. The van der Waals surface area contributed by atoms with Crippen LogP contribution in [0.2, 0.25) is 5.02 Å². The number of aromatic nitrogens is 3. The summed E-state index contributed by atoms with van der Waals surface area (Å²) in [6, 6.07) is 9.69. The Morgan fingerprint density at radius 2 is 1.83 bits per heavy atom. The van der Waals surface area contributed by atoms with Crippen molar-refractivity contribution in [2.45, 2.75) is 56.7 Å². The van der Waals surface area contributed by atoms with Crippen LogP contribution >= 0.6 is 11.6 Å². The summed E-state index contributed by atoms with van der Waals surface area (Å²) in [4.78, 5) is 22.6. The molecule has 0 unspecified atom stereocenters. The van der Waals surface area contributed by atoms with Crippen LogP contribution < -0.4 is 10.9 Å². The number of aliphatic hydroxyl groups excluding tert-OH is 1. The number of pyridine rings is 1. The van der Waals surface area contributed by atoms with Gasteiger partial charge in [-0.1, -0.05) is 29.8 Å². The number of fused-ring (bicyclic) bond motifs is 1. The van der Waals surface area contributed by atoms with Gasteiger partial charge in [0.2, 0.25) is 5.95 Å². The molecule has 0 aliphatic heterocycles. The molecule has 0 atom stereocenters. The van der Waals surface area contributed by atoms with E-state index in [1.165, 1.54) is 0 Å². The zero-order chi connectivity index (χ0) is 20.0. The molecular weight excluding hydrogens is 388 g/mol. The third kappa shape index (κ3) is 3.63. The predicted molar refractivity (Wildman–Crippen MR) is 114 cm³/mol. The molecule has 2 fully saturated rings. The van der Waals surface area contributed by atoms with Crippen molar-refractivity contribution in [2.24, 2.45) is 0 Å². The molecule has 29 heavy (non-hydrogen) atoms. The van der Waals surface area contributed by atoms with Gasteiger partial charge in [0.15, 0.2) is 0 Å². The summed E-state index contributed by atoms with van der Waals surface area (Å²) >= 11 is 6.37. The van der Waals surface area contributed by atoms with Crippen LogP contribution in [0, 0.1) is 0 Å². The molecule has 0 saturated heterocycles. The SMILES string of the molecule is O=c1c(-c2ccccc2Cl)cc2cnc(N[C@H]3CC[C@H](O)CC3)nc2n1C1CC1. The normalized spacial score (nSPS) is 22.0. The molecule has 2 aliphatic carbocycles. The monoisotopic (exact) mass is 410 g/mol. The Labute approximate surface area is 173 Å². The van der Waals surface area contributed by atoms with E-state index < -0.39 is 0 Å². The Balaban J connectivity index is 1.58. The molecule has 2 saturated carbocycles. The Hall–Kier alpha value is -2.44. The molecule has 5 rings (SSSR count). The fourth-order valence-electron chi connectivity index (χ4n) is 4.14. The van der Waals surface area contributed by atoms with E-state index in [1.807, 2.05) is 28.8 Å². The smallest absolute Gasteiger partial charge is 0.260 e. The minimum Gasteiger partial charge on any atom is -0.393 e. The molecule has 150 valence electrons. The van der Waals surface area contributed by atoms with Crippen LogP contribution in [0.15, 0.2) is 41.3 Å². The van der Waals surface area contributed by atoms with Crippen LogP contribution in [0.4, 0.5) is 5.95 Å². The molecule has 7 heteroatoms. The number of nitrogens with one attached hydrogen (secondary N) is 1. The first-order valence-corrected chi connectivity index (χ1v) is 10.6. The number of rotatable bonds is 4. The van der Waals surface area contributed by atoms with Crippen molar-refractivity contribution in [2.75, 3.05) is 5.32 Å². The summed E-state index contributed by atoms with van der Waals surface area (Å²) in [6.07, 6.45) is 6.91. The summed E-state index contributed by atoms with van der Waals surface area (Å²) < 4.78 is 1.81. The zero-order valence-corrected chi connectivity index (χ0v) is 16.8. The lowest BCUT2D eigenvalue weighted by molar-refractivity contribution is 0.126. The highest BCUT2D eigenvalue weighted by atomic mass is 35.5. The molecule has 0 radical (unpaired) electrons. The lowest BCUT2D eigenvalue weighted by Crippen LogP contribution is -2.29. The number of aliphatic hydroxyl groups is 1. The van der Waals surface area contributed by atoms with Gasteiger partial charge in [-0.15, -0.1) is 0 Å². The summed E-state index contributed by atoms with van der Waals surface area (Å²) in [5, 5.41) is 14.5. The molecule has 0 bridgehead atoms. The number of halogens is 1. The van der Waals surface area contributed by atoms with Gasteiger partial charge in [0.25, 0.3) is 5.56 Å². The van der Waals surface area contributed by atoms with Crippen LogP contribution in [0.25, 0.3) is 22.2 Å². The quantitative estimate of drug-likeness (QED) is 0.675. The van der Waals surface area contributed by atoms with Crippen molar-refractivity contribution in [3.63, 3.8) is 0 Å². The van der Waals surface area contributed by atoms with E-state index >= 15 is 0 Å². The molecule has 2 aliphatic rings. The average Bonchev–Trinajstić information content (AvgIpc) is 3.55. The van der Waals surface area contributed by atoms with Gasteiger partial charge in [0, 0.05) is 39.8 Å². The van der Waals surface area contributed by atoms with Gasteiger partial charge in [-0.3, -0.25) is 9.36 Å². The maximum atomic E-state index is 13.4. The Morgan fingerprint density at radius 3 is 2.55 bits per heavy atom. The molecular formula is C22H23ClN4O2. The van der Waals surface area contributed by atoms with Crippen molar-refractivity contribution < 1.29 is 5.11 Å². The van der Waals surface area contributed by atoms with Crippen LogP contribution in [-0.2, 0) is 0 Å². The molecule has 6 nitrogen and oxygen atoms in total. The summed E-state index contributed by atoms with van der Waals surface area (Å²) in [5.41, 5.74) is 1.93. The number of nitrogens with zero attached hydrogens (tertiary/aromatic N) is 3. The van der Waals surface area contributed by atoms with Crippen molar-refractivity contribution in [3.05, 3.63) is 51.9 Å². The minimum absolute atomic E-state index is 0.0569. The molecule has 3 aromatic rings. The summed E-state index contributed by atoms with van der Waals surface area (Å²) in [7, 11) is 0. The highest BCUT2D eigenvalue weighted by Crippen LogP contribution is 2.37. The lowest BCUT2D eigenvalue weighted by Gasteiger charge is -2.26. The highest BCUT2D eigenvalue weighted by molar-refractivity contribution is 6.33. The van der Waals surface area contributed by atoms with Gasteiger partial charge < -0.3 is 10.4 Å². The van der Waals surface area contributed by atoms with Crippen molar-refractivity contribution in [1.82, 2.24) is 14.5 Å². The van der Waals surface area contributed by atoms with E-state index in [-0.39, 0.29) is 23.7 Å². The van der Waals surface area contributed by atoms with Gasteiger partial charge in [-0.05, 0) is 50.7 Å². The Bertz CT molecular complexity index is 1120.